The molecule has 0 radical (unpaired) electrons. The number of benzene rings is 1. The molecule has 19 heavy (non-hydrogen) atoms. The van der Waals surface area contributed by atoms with Crippen LogP contribution in [-0.2, 0) is 0 Å². The van der Waals surface area contributed by atoms with Gasteiger partial charge in [-0.1, -0.05) is 12.1 Å². The van der Waals surface area contributed by atoms with Crippen LogP contribution in [0.25, 0.3) is 22.5 Å². The van der Waals surface area contributed by atoms with E-state index in [-0.39, 0.29) is 11.6 Å². The minimum Gasteiger partial charge on any atom is -0.618 e. The van der Waals surface area contributed by atoms with Crippen LogP contribution in [0.5, 0.6) is 0 Å². The number of nitrogens with zero attached hydrogens (tertiary/aromatic N) is 2. The van der Waals surface area contributed by atoms with E-state index in [9.17, 15) is 10.0 Å². The van der Waals surface area contributed by atoms with Crippen LogP contribution in [-0.4, -0.2) is 4.98 Å². The van der Waals surface area contributed by atoms with Gasteiger partial charge in [-0.05, 0) is 24.6 Å². The maximum absolute atomic E-state index is 12.0. The van der Waals surface area contributed by atoms with Crippen molar-refractivity contribution < 1.29 is 9.15 Å². The number of rotatable bonds is 1. The molecule has 0 unspecified atom stereocenters. The lowest BCUT2D eigenvalue weighted by Crippen LogP contribution is -2.28. The van der Waals surface area contributed by atoms with Crippen LogP contribution in [0.15, 0.2) is 51.8 Å². The first-order valence-corrected chi connectivity index (χ1v) is 5.76. The predicted octanol–water partition coefficient (Wildman–Crippen LogP) is 1.80. The number of aryl methyl sites for hydroxylation is 1. The normalized spacial score (nSPS) is 10.8. The molecular weight excluding hydrogens is 244 g/mol. The molecule has 1 aromatic carbocycles. The van der Waals surface area contributed by atoms with E-state index >= 15 is 0 Å². The fourth-order valence-electron chi connectivity index (χ4n) is 1.99. The number of hydrogen-bond donors (Lipinski definition) is 0. The maximum Gasteiger partial charge on any atom is 0.347 e. The molecule has 0 aliphatic carbocycles. The monoisotopic (exact) mass is 254 g/mol. The quantitative estimate of drug-likeness (QED) is 0.490. The SMILES string of the molecule is Cc1cccc2nc(-c3cccc[n+]3[O-])oc(=O)c12. The molecule has 0 fully saturated rings. The largest absolute Gasteiger partial charge is 0.618 e. The summed E-state index contributed by atoms with van der Waals surface area (Å²) < 4.78 is 5.77. The van der Waals surface area contributed by atoms with Gasteiger partial charge < -0.3 is 9.62 Å². The van der Waals surface area contributed by atoms with Crippen LogP contribution >= 0.6 is 0 Å². The molecule has 0 saturated carbocycles. The lowest BCUT2D eigenvalue weighted by atomic mass is 10.1. The molecule has 5 nitrogen and oxygen atoms in total. The van der Waals surface area contributed by atoms with Gasteiger partial charge in [0, 0.05) is 12.1 Å². The molecule has 3 aromatic rings. The topological polar surface area (TPSA) is 70.0 Å². The van der Waals surface area contributed by atoms with Gasteiger partial charge in [-0.25, -0.2) is 9.78 Å². The van der Waals surface area contributed by atoms with E-state index in [4.69, 9.17) is 4.42 Å². The van der Waals surface area contributed by atoms with Crippen LogP contribution < -0.4 is 10.4 Å². The van der Waals surface area contributed by atoms with Crippen molar-refractivity contribution in [2.24, 2.45) is 0 Å². The van der Waals surface area contributed by atoms with Gasteiger partial charge in [-0.15, -0.1) is 0 Å². The summed E-state index contributed by atoms with van der Waals surface area (Å²) in [6.45, 7) is 1.82. The van der Waals surface area contributed by atoms with E-state index in [1.54, 1.807) is 24.3 Å². The molecule has 0 aliphatic rings. The summed E-state index contributed by atoms with van der Waals surface area (Å²) in [6, 6.07) is 10.2. The van der Waals surface area contributed by atoms with Crippen LogP contribution in [0, 0.1) is 12.1 Å². The highest BCUT2D eigenvalue weighted by Gasteiger charge is 2.15. The smallest absolute Gasteiger partial charge is 0.347 e. The minimum atomic E-state index is -0.484. The Kier molecular flexibility index (Phi) is 2.52. The standard InChI is InChI=1S/C14H10N2O3/c1-9-5-4-6-10-12(9)14(17)19-13(15-10)11-7-2-3-8-16(11)18/h2-8H,1H3. The van der Waals surface area contributed by atoms with Crippen molar-refractivity contribution in [3.8, 4) is 11.6 Å². The Morgan fingerprint density at radius 1 is 1.21 bits per heavy atom. The van der Waals surface area contributed by atoms with Crippen LogP contribution in [0.2, 0.25) is 0 Å². The zero-order valence-corrected chi connectivity index (χ0v) is 10.2. The van der Waals surface area contributed by atoms with Gasteiger partial charge in [0.05, 0.1) is 10.9 Å². The first-order chi connectivity index (χ1) is 9.16. The molecule has 0 amide bonds. The summed E-state index contributed by atoms with van der Waals surface area (Å²) in [5, 5.41) is 12.1. The molecule has 0 N–H and O–H groups in total. The molecular formula is C14H10N2O3. The highest BCUT2D eigenvalue weighted by Crippen LogP contribution is 2.17. The number of hydrogen-bond acceptors (Lipinski definition) is 4. The van der Waals surface area contributed by atoms with Gasteiger partial charge in [-0.2, -0.15) is 4.73 Å². The fraction of sp³-hybridized carbons (Fsp3) is 0.0714. The van der Waals surface area contributed by atoms with Gasteiger partial charge in [0.2, 0.25) is 0 Å². The van der Waals surface area contributed by atoms with Gasteiger partial charge in [-0.3, -0.25) is 0 Å². The average molecular weight is 254 g/mol. The molecule has 0 bridgehead atoms. The average Bonchev–Trinajstić information content (AvgIpc) is 2.39. The molecule has 2 heterocycles. The zero-order chi connectivity index (χ0) is 13.4. The Morgan fingerprint density at radius 2 is 2.05 bits per heavy atom. The van der Waals surface area contributed by atoms with Crippen molar-refractivity contribution in [3.05, 3.63) is 63.8 Å². The van der Waals surface area contributed by atoms with E-state index in [0.717, 1.165) is 5.56 Å². The Hall–Kier alpha value is -2.69. The van der Waals surface area contributed by atoms with E-state index in [2.05, 4.69) is 4.98 Å². The first-order valence-electron chi connectivity index (χ1n) is 5.76. The lowest BCUT2D eigenvalue weighted by molar-refractivity contribution is -0.594. The maximum atomic E-state index is 12.0. The molecule has 0 spiro atoms. The Morgan fingerprint density at radius 3 is 2.84 bits per heavy atom. The van der Waals surface area contributed by atoms with E-state index in [1.807, 2.05) is 19.1 Å². The van der Waals surface area contributed by atoms with Gasteiger partial charge in [0.1, 0.15) is 0 Å². The molecule has 5 heteroatoms. The minimum absolute atomic E-state index is 0.0266. The zero-order valence-electron chi connectivity index (χ0n) is 10.2. The van der Waals surface area contributed by atoms with Gasteiger partial charge in [0.15, 0.2) is 6.20 Å². The van der Waals surface area contributed by atoms with Crippen LogP contribution in [0.3, 0.4) is 0 Å². The van der Waals surface area contributed by atoms with E-state index in [1.165, 1.54) is 6.20 Å². The van der Waals surface area contributed by atoms with Crippen molar-refractivity contribution >= 4 is 10.9 Å². The van der Waals surface area contributed by atoms with E-state index in [0.29, 0.717) is 15.6 Å². The van der Waals surface area contributed by atoms with E-state index < -0.39 is 5.63 Å². The molecule has 0 atom stereocenters. The van der Waals surface area contributed by atoms with Crippen LogP contribution in [0.1, 0.15) is 5.56 Å². The summed E-state index contributed by atoms with van der Waals surface area (Å²) in [4.78, 5) is 16.2. The molecule has 2 aromatic heterocycles. The summed E-state index contributed by atoms with van der Waals surface area (Å²) in [6.07, 6.45) is 1.33. The second kappa shape index (κ2) is 4.20. The molecule has 3 rings (SSSR count). The highest BCUT2D eigenvalue weighted by atomic mass is 16.5. The Bertz CT molecular complexity index is 824. The van der Waals surface area contributed by atoms with Crippen molar-refractivity contribution in [2.75, 3.05) is 0 Å². The first kappa shape index (κ1) is 11.4. The highest BCUT2D eigenvalue weighted by molar-refractivity contribution is 5.81. The third kappa shape index (κ3) is 1.85. The third-order valence-electron chi connectivity index (χ3n) is 2.91. The lowest BCUT2D eigenvalue weighted by Gasteiger charge is -2.03. The van der Waals surface area contributed by atoms with Crippen molar-refractivity contribution in [3.63, 3.8) is 0 Å². The molecule has 94 valence electrons. The third-order valence-corrected chi connectivity index (χ3v) is 2.91. The van der Waals surface area contributed by atoms with Crippen molar-refractivity contribution in [1.29, 1.82) is 0 Å². The number of pyridine rings is 1. The molecule has 0 aliphatic heterocycles. The Labute approximate surface area is 108 Å². The summed E-state index contributed by atoms with van der Waals surface area (Å²) in [7, 11) is 0. The van der Waals surface area contributed by atoms with Crippen molar-refractivity contribution in [1.82, 2.24) is 4.98 Å². The summed E-state index contributed by atoms with van der Waals surface area (Å²) in [5.41, 5.74) is 1.05. The van der Waals surface area contributed by atoms with Crippen LogP contribution in [0.4, 0.5) is 0 Å². The van der Waals surface area contributed by atoms with Crippen molar-refractivity contribution in [2.45, 2.75) is 6.92 Å². The molecule has 0 saturated heterocycles. The second-order valence-corrected chi connectivity index (χ2v) is 4.19. The number of aromatic nitrogens is 2. The fourth-order valence-corrected chi connectivity index (χ4v) is 1.99. The van der Waals surface area contributed by atoms with Gasteiger partial charge >= 0.3 is 5.63 Å². The summed E-state index contributed by atoms with van der Waals surface area (Å²) >= 11 is 0. The predicted molar refractivity (Wildman–Crippen MR) is 69.4 cm³/mol. The second-order valence-electron chi connectivity index (χ2n) is 4.19. The number of fused-ring (bicyclic) bond motifs is 1. The summed E-state index contributed by atoms with van der Waals surface area (Å²) in [5.74, 6) is 0.0266. The Balaban J connectivity index is 2.34. The van der Waals surface area contributed by atoms with Gasteiger partial charge in [0.25, 0.3) is 11.6 Å².